The highest BCUT2D eigenvalue weighted by Crippen LogP contribution is 2.20. The summed E-state index contributed by atoms with van der Waals surface area (Å²) in [5, 5.41) is 0. The Bertz CT molecular complexity index is 1280. The number of unbranched alkanes of at least 4 members (excludes halogenated alkanes) is 58. The van der Waals surface area contributed by atoms with Crippen molar-refractivity contribution in [2.75, 3.05) is 13.2 Å². The monoisotopic (exact) mass is 1160 g/mol. The zero-order valence-corrected chi connectivity index (χ0v) is 56.1. The van der Waals surface area contributed by atoms with E-state index in [4.69, 9.17) is 14.2 Å². The normalized spacial score (nSPS) is 12.0. The fourth-order valence-electron chi connectivity index (χ4n) is 11.9. The Morgan fingerprint density at radius 2 is 0.402 bits per heavy atom. The first kappa shape index (κ1) is 80.2. The molecule has 0 N–H and O–H groups in total. The zero-order valence-electron chi connectivity index (χ0n) is 56.1. The summed E-state index contributed by atoms with van der Waals surface area (Å²) in [5.41, 5.74) is 0. The average molecular weight is 1160 g/mol. The maximum absolute atomic E-state index is 12.9. The topological polar surface area (TPSA) is 78.9 Å². The molecule has 1 unspecified atom stereocenters. The van der Waals surface area contributed by atoms with Gasteiger partial charge in [0.15, 0.2) is 6.10 Å². The van der Waals surface area contributed by atoms with Gasteiger partial charge < -0.3 is 14.2 Å². The molecule has 0 aliphatic heterocycles. The second-order valence-corrected chi connectivity index (χ2v) is 25.9. The number of rotatable bonds is 71. The van der Waals surface area contributed by atoms with Crippen LogP contribution in [0.2, 0.25) is 0 Å². The lowest BCUT2D eigenvalue weighted by atomic mass is 10.0. The maximum atomic E-state index is 12.9. The van der Waals surface area contributed by atoms with E-state index in [9.17, 15) is 14.4 Å². The van der Waals surface area contributed by atoms with E-state index in [2.05, 4.69) is 32.9 Å². The van der Waals surface area contributed by atoms with Gasteiger partial charge in [0, 0.05) is 19.3 Å². The quantitative estimate of drug-likeness (QED) is 0.0261. The van der Waals surface area contributed by atoms with Crippen LogP contribution in [0.3, 0.4) is 0 Å². The van der Waals surface area contributed by atoms with Crippen LogP contribution in [-0.2, 0) is 28.6 Å². The molecule has 0 saturated carbocycles. The Morgan fingerprint density at radius 1 is 0.232 bits per heavy atom. The van der Waals surface area contributed by atoms with Gasteiger partial charge in [0.05, 0.1) is 0 Å². The van der Waals surface area contributed by atoms with Crippen molar-refractivity contribution in [3.63, 3.8) is 0 Å². The Balaban J connectivity index is 4.09. The third-order valence-electron chi connectivity index (χ3n) is 17.5. The van der Waals surface area contributed by atoms with Crippen molar-refractivity contribution < 1.29 is 28.6 Å². The van der Waals surface area contributed by atoms with Gasteiger partial charge in [0.2, 0.25) is 0 Å². The lowest BCUT2D eigenvalue weighted by molar-refractivity contribution is -0.167. The van der Waals surface area contributed by atoms with Crippen LogP contribution in [0.4, 0.5) is 0 Å². The molecular formula is C76H146O6. The van der Waals surface area contributed by atoms with Crippen molar-refractivity contribution in [3.05, 3.63) is 12.2 Å². The van der Waals surface area contributed by atoms with Crippen molar-refractivity contribution in [1.82, 2.24) is 0 Å². The molecule has 6 nitrogen and oxygen atoms in total. The first-order chi connectivity index (χ1) is 40.5. The van der Waals surface area contributed by atoms with Gasteiger partial charge in [-0.1, -0.05) is 386 Å². The van der Waals surface area contributed by atoms with E-state index in [1.807, 2.05) is 0 Å². The second-order valence-electron chi connectivity index (χ2n) is 25.9. The van der Waals surface area contributed by atoms with Crippen molar-refractivity contribution in [1.29, 1.82) is 0 Å². The molecule has 0 rings (SSSR count). The molecule has 0 bridgehead atoms. The van der Waals surface area contributed by atoms with Gasteiger partial charge >= 0.3 is 17.9 Å². The SMILES string of the molecule is CCCCCCCCCC/C=C\CCCCCCCCCCCCCCCCCCCCCCCC(=O)OCC(COC(=O)CCCCCCCCCCCCCCCCC)OC(=O)CCCCCCCCCCCCCCCCCC. The number of ether oxygens (including phenoxy) is 3. The standard InChI is InChI=1S/C76H146O6/c1-4-7-10-13-16-19-22-25-28-30-31-32-33-34-35-36-37-38-39-40-41-42-43-44-45-46-49-51-54-57-60-63-66-69-75(78)81-72-73(71-80-74(77)68-65-62-59-56-53-50-47-27-24-21-18-15-12-9-6-3)82-76(79)70-67-64-61-58-55-52-48-29-26-23-20-17-14-11-8-5-2/h30-31,73H,4-29,32-72H2,1-3H3/b31-30-. The molecule has 0 aliphatic rings. The average Bonchev–Trinajstić information content (AvgIpc) is 3.47. The van der Waals surface area contributed by atoms with Gasteiger partial charge in [-0.2, -0.15) is 0 Å². The predicted octanol–water partition coefficient (Wildman–Crippen LogP) is 26.0. The Kier molecular flexibility index (Phi) is 70.0. The van der Waals surface area contributed by atoms with Gasteiger partial charge in [-0.3, -0.25) is 14.4 Å². The number of carbonyl (C=O) groups excluding carboxylic acids is 3. The Labute approximate surface area is 513 Å². The Morgan fingerprint density at radius 3 is 0.610 bits per heavy atom. The predicted molar refractivity (Wildman–Crippen MR) is 358 cm³/mol. The molecule has 486 valence electrons. The fraction of sp³-hybridized carbons (Fsp3) is 0.934. The molecular weight excluding hydrogens is 1010 g/mol. The number of hydrogen-bond acceptors (Lipinski definition) is 6. The molecule has 6 heteroatoms. The first-order valence-corrected chi connectivity index (χ1v) is 37.7. The van der Waals surface area contributed by atoms with Crippen molar-refractivity contribution in [2.45, 2.75) is 444 Å². The van der Waals surface area contributed by atoms with Gasteiger partial charge in [0.25, 0.3) is 0 Å². The summed E-state index contributed by atoms with van der Waals surface area (Å²) in [5.74, 6) is -0.822. The van der Waals surface area contributed by atoms with E-state index in [0.29, 0.717) is 19.3 Å². The summed E-state index contributed by atoms with van der Waals surface area (Å²) in [6, 6.07) is 0. The molecule has 0 amide bonds. The largest absolute Gasteiger partial charge is 0.462 e. The summed E-state index contributed by atoms with van der Waals surface area (Å²) in [6.45, 7) is 6.74. The van der Waals surface area contributed by atoms with E-state index < -0.39 is 6.10 Å². The summed E-state index contributed by atoms with van der Waals surface area (Å²) >= 11 is 0. The molecule has 0 aromatic heterocycles. The van der Waals surface area contributed by atoms with E-state index in [0.717, 1.165) is 57.8 Å². The van der Waals surface area contributed by atoms with Crippen LogP contribution in [0.25, 0.3) is 0 Å². The van der Waals surface area contributed by atoms with Crippen LogP contribution in [0, 0.1) is 0 Å². The van der Waals surface area contributed by atoms with Gasteiger partial charge in [0.1, 0.15) is 13.2 Å². The zero-order chi connectivity index (χ0) is 59.2. The molecule has 0 saturated heterocycles. The van der Waals surface area contributed by atoms with Crippen LogP contribution in [0.5, 0.6) is 0 Å². The van der Waals surface area contributed by atoms with Gasteiger partial charge in [-0.05, 0) is 44.9 Å². The van der Waals surface area contributed by atoms with E-state index in [-0.39, 0.29) is 31.1 Å². The van der Waals surface area contributed by atoms with E-state index in [1.54, 1.807) is 0 Å². The highest BCUT2D eigenvalue weighted by Gasteiger charge is 2.20. The van der Waals surface area contributed by atoms with Crippen LogP contribution in [0.15, 0.2) is 12.2 Å². The third kappa shape index (κ3) is 68.9. The van der Waals surface area contributed by atoms with Crippen molar-refractivity contribution in [2.24, 2.45) is 0 Å². The lowest BCUT2D eigenvalue weighted by Gasteiger charge is -2.18. The smallest absolute Gasteiger partial charge is 0.306 e. The molecule has 0 spiro atoms. The summed E-state index contributed by atoms with van der Waals surface area (Å²) in [4.78, 5) is 38.4. The second kappa shape index (κ2) is 71.6. The number of allylic oxidation sites excluding steroid dienone is 2. The number of esters is 3. The molecule has 0 radical (unpaired) electrons. The molecule has 0 aromatic carbocycles. The molecule has 0 heterocycles. The maximum Gasteiger partial charge on any atom is 0.306 e. The van der Waals surface area contributed by atoms with E-state index in [1.165, 1.54) is 340 Å². The summed E-state index contributed by atoms with van der Waals surface area (Å²) in [7, 11) is 0. The molecule has 82 heavy (non-hydrogen) atoms. The number of hydrogen-bond donors (Lipinski definition) is 0. The molecule has 1 atom stereocenters. The minimum absolute atomic E-state index is 0.0614. The highest BCUT2D eigenvalue weighted by molar-refractivity contribution is 5.71. The van der Waals surface area contributed by atoms with Crippen molar-refractivity contribution in [3.8, 4) is 0 Å². The molecule has 0 aliphatic carbocycles. The minimum Gasteiger partial charge on any atom is -0.462 e. The third-order valence-corrected chi connectivity index (χ3v) is 17.5. The minimum atomic E-state index is -0.765. The highest BCUT2D eigenvalue weighted by atomic mass is 16.6. The summed E-state index contributed by atoms with van der Waals surface area (Å²) in [6.07, 6.45) is 87.0. The fourth-order valence-corrected chi connectivity index (χ4v) is 11.9. The Hall–Kier alpha value is -1.85. The molecule has 0 aromatic rings. The van der Waals surface area contributed by atoms with E-state index >= 15 is 0 Å². The van der Waals surface area contributed by atoms with Crippen LogP contribution in [-0.4, -0.2) is 37.2 Å². The van der Waals surface area contributed by atoms with Crippen LogP contribution in [0.1, 0.15) is 438 Å². The number of carbonyl (C=O) groups is 3. The van der Waals surface area contributed by atoms with Crippen LogP contribution >= 0.6 is 0 Å². The lowest BCUT2D eigenvalue weighted by Crippen LogP contribution is -2.30. The van der Waals surface area contributed by atoms with Gasteiger partial charge in [-0.25, -0.2) is 0 Å². The summed E-state index contributed by atoms with van der Waals surface area (Å²) < 4.78 is 17.0. The van der Waals surface area contributed by atoms with Crippen LogP contribution < -0.4 is 0 Å². The van der Waals surface area contributed by atoms with Crippen molar-refractivity contribution >= 4 is 17.9 Å². The first-order valence-electron chi connectivity index (χ1n) is 37.7. The van der Waals surface area contributed by atoms with Gasteiger partial charge in [-0.15, -0.1) is 0 Å². The molecule has 0 fully saturated rings.